The third-order valence-corrected chi connectivity index (χ3v) is 2.59. The fourth-order valence-electron chi connectivity index (χ4n) is 1.82. The zero-order valence-electron chi connectivity index (χ0n) is 7.81. The number of aliphatic imine (C=N–C) groups is 1. The van der Waals surface area contributed by atoms with E-state index in [0.29, 0.717) is 0 Å². The van der Waals surface area contributed by atoms with Gasteiger partial charge >= 0.3 is 0 Å². The number of hydrogen-bond donors (Lipinski definition) is 1. The van der Waals surface area contributed by atoms with Crippen LogP contribution in [0.2, 0.25) is 0 Å². The van der Waals surface area contributed by atoms with E-state index in [9.17, 15) is 0 Å². The SMILES string of the molecule is c1ccc([C@H]2O[C@@H]2C2=NCCN2)cc1. The molecule has 14 heavy (non-hydrogen) atoms. The summed E-state index contributed by atoms with van der Waals surface area (Å²) in [7, 11) is 0. The van der Waals surface area contributed by atoms with E-state index in [2.05, 4.69) is 22.4 Å². The topological polar surface area (TPSA) is 36.9 Å². The van der Waals surface area contributed by atoms with Crippen LogP contribution in [0.4, 0.5) is 0 Å². The molecule has 2 atom stereocenters. The van der Waals surface area contributed by atoms with Gasteiger partial charge in [-0.05, 0) is 5.56 Å². The van der Waals surface area contributed by atoms with E-state index < -0.39 is 0 Å². The number of ether oxygens (including phenoxy) is 1. The maximum Gasteiger partial charge on any atom is 0.146 e. The van der Waals surface area contributed by atoms with Crippen LogP contribution in [0.1, 0.15) is 11.7 Å². The number of nitrogens with zero attached hydrogens (tertiary/aromatic N) is 1. The van der Waals surface area contributed by atoms with Crippen LogP contribution in [0.15, 0.2) is 35.3 Å². The molecule has 0 aromatic heterocycles. The molecule has 0 aliphatic carbocycles. The van der Waals surface area contributed by atoms with E-state index in [1.807, 2.05) is 18.2 Å². The lowest BCUT2D eigenvalue weighted by Gasteiger charge is -1.96. The number of amidine groups is 1. The Balaban J connectivity index is 1.74. The molecule has 2 aliphatic rings. The molecule has 72 valence electrons. The van der Waals surface area contributed by atoms with Crippen molar-refractivity contribution in [3.8, 4) is 0 Å². The summed E-state index contributed by atoms with van der Waals surface area (Å²) in [6.45, 7) is 1.84. The monoisotopic (exact) mass is 188 g/mol. The van der Waals surface area contributed by atoms with E-state index in [-0.39, 0.29) is 12.2 Å². The lowest BCUT2D eigenvalue weighted by atomic mass is 10.1. The standard InChI is InChI=1S/C11H12N2O/c1-2-4-8(5-3-1)9-10(14-9)11-12-6-7-13-11/h1-5,9-10H,6-7H2,(H,12,13)/t9-,10+/m1/s1. The van der Waals surface area contributed by atoms with Crippen LogP contribution in [0, 0.1) is 0 Å². The largest absolute Gasteiger partial charge is 0.370 e. The average molecular weight is 188 g/mol. The van der Waals surface area contributed by atoms with Crippen LogP contribution in [-0.4, -0.2) is 25.0 Å². The molecule has 3 heteroatoms. The minimum absolute atomic E-state index is 0.180. The van der Waals surface area contributed by atoms with Crippen LogP contribution in [0.25, 0.3) is 0 Å². The van der Waals surface area contributed by atoms with Gasteiger partial charge in [0.15, 0.2) is 0 Å². The van der Waals surface area contributed by atoms with Crippen LogP contribution in [0.3, 0.4) is 0 Å². The third-order valence-electron chi connectivity index (χ3n) is 2.59. The number of epoxide rings is 1. The normalized spacial score (nSPS) is 29.6. The van der Waals surface area contributed by atoms with Gasteiger partial charge in [-0.1, -0.05) is 30.3 Å². The minimum atomic E-state index is 0.180. The Kier molecular flexibility index (Phi) is 1.77. The van der Waals surface area contributed by atoms with Crippen molar-refractivity contribution in [1.82, 2.24) is 5.32 Å². The molecule has 0 amide bonds. The first-order valence-electron chi connectivity index (χ1n) is 4.94. The summed E-state index contributed by atoms with van der Waals surface area (Å²) < 4.78 is 5.59. The molecule has 2 heterocycles. The predicted octanol–water partition coefficient (Wildman–Crippen LogP) is 1.13. The second-order valence-electron chi connectivity index (χ2n) is 3.58. The maximum atomic E-state index is 5.59. The summed E-state index contributed by atoms with van der Waals surface area (Å²) in [5, 5.41) is 3.24. The molecule has 1 aromatic rings. The van der Waals surface area contributed by atoms with Gasteiger partial charge in [-0.3, -0.25) is 4.99 Å². The second-order valence-corrected chi connectivity index (χ2v) is 3.58. The van der Waals surface area contributed by atoms with Crippen LogP contribution in [0.5, 0.6) is 0 Å². The molecule has 0 saturated carbocycles. The fourth-order valence-corrected chi connectivity index (χ4v) is 1.82. The maximum absolute atomic E-state index is 5.59. The highest BCUT2D eigenvalue weighted by atomic mass is 16.6. The van der Waals surface area contributed by atoms with Crippen molar-refractivity contribution in [2.45, 2.75) is 12.2 Å². The van der Waals surface area contributed by atoms with Gasteiger partial charge in [-0.2, -0.15) is 0 Å². The van der Waals surface area contributed by atoms with Crippen molar-refractivity contribution in [2.24, 2.45) is 4.99 Å². The first-order chi connectivity index (χ1) is 6.95. The fraction of sp³-hybridized carbons (Fsp3) is 0.364. The Morgan fingerprint density at radius 1 is 1.21 bits per heavy atom. The molecule has 0 spiro atoms. The zero-order chi connectivity index (χ0) is 9.38. The van der Waals surface area contributed by atoms with Gasteiger partial charge in [0.2, 0.25) is 0 Å². The molecule has 1 aromatic carbocycles. The molecule has 3 nitrogen and oxygen atoms in total. The summed E-state index contributed by atoms with van der Waals surface area (Å²) >= 11 is 0. The highest BCUT2D eigenvalue weighted by molar-refractivity contribution is 5.90. The second kappa shape index (κ2) is 3.10. The van der Waals surface area contributed by atoms with Gasteiger partial charge in [0.25, 0.3) is 0 Å². The van der Waals surface area contributed by atoms with Gasteiger partial charge in [0.05, 0.1) is 6.54 Å². The Labute approximate surface area is 82.8 Å². The molecule has 1 fully saturated rings. The molecule has 3 rings (SSSR count). The highest BCUT2D eigenvalue weighted by Gasteiger charge is 2.44. The Morgan fingerprint density at radius 2 is 2.07 bits per heavy atom. The van der Waals surface area contributed by atoms with Crippen molar-refractivity contribution in [2.75, 3.05) is 13.1 Å². The van der Waals surface area contributed by atoms with Crippen LogP contribution >= 0.6 is 0 Å². The van der Waals surface area contributed by atoms with Crippen LogP contribution in [-0.2, 0) is 4.74 Å². The zero-order valence-corrected chi connectivity index (χ0v) is 7.81. The molecular formula is C11H12N2O. The Hall–Kier alpha value is -1.35. The molecule has 1 N–H and O–H groups in total. The number of nitrogens with one attached hydrogen (secondary N) is 1. The molecular weight excluding hydrogens is 176 g/mol. The van der Waals surface area contributed by atoms with E-state index >= 15 is 0 Å². The van der Waals surface area contributed by atoms with Gasteiger partial charge in [0, 0.05) is 6.54 Å². The van der Waals surface area contributed by atoms with E-state index in [1.165, 1.54) is 5.56 Å². The highest BCUT2D eigenvalue weighted by Crippen LogP contribution is 2.39. The van der Waals surface area contributed by atoms with Crippen molar-refractivity contribution in [1.29, 1.82) is 0 Å². The third kappa shape index (κ3) is 1.30. The van der Waals surface area contributed by atoms with Crippen molar-refractivity contribution in [3.05, 3.63) is 35.9 Å². The van der Waals surface area contributed by atoms with Gasteiger partial charge in [-0.25, -0.2) is 0 Å². The molecule has 1 saturated heterocycles. The van der Waals surface area contributed by atoms with Gasteiger partial charge in [0.1, 0.15) is 18.0 Å². The summed E-state index contributed by atoms with van der Waals surface area (Å²) in [5.41, 5.74) is 1.24. The van der Waals surface area contributed by atoms with E-state index in [4.69, 9.17) is 4.74 Å². The average Bonchev–Trinajstić information content (AvgIpc) is 2.87. The van der Waals surface area contributed by atoms with E-state index in [0.717, 1.165) is 18.9 Å². The van der Waals surface area contributed by atoms with Crippen molar-refractivity contribution in [3.63, 3.8) is 0 Å². The summed E-state index contributed by atoms with van der Waals surface area (Å²) in [4.78, 5) is 4.35. The Bertz CT molecular complexity index is 361. The lowest BCUT2D eigenvalue weighted by molar-refractivity contribution is 0.398. The number of hydrogen-bond acceptors (Lipinski definition) is 3. The predicted molar refractivity (Wildman–Crippen MR) is 54.4 cm³/mol. The minimum Gasteiger partial charge on any atom is -0.370 e. The van der Waals surface area contributed by atoms with Gasteiger partial charge < -0.3 is 10.1 Å². The summed E-state index contributed by atoms with van der Waals surface area (Å²) in [5.74, 6) is 1.03. The van der Waals surface area contributed by atoms with Crippen LogP contribution < -0.4 is 5.32 Å². The van der Waals surface area contributed by atoms with Crippen molar-refractivity contribution < 1.29 is 4.74 Å². The molecule has 2 aliphatic heterocycles. The number of benzene rings is 1. The first-order valence-corrected chi connectivity index (χ1v) is 4.94. The summed E-state index contributed by atoms with van der Waals surface area (Å²) in [6, 6.07) is 10.3. The molecule has 0 bridgehead atoms. The number of rotatable bonds is 2. The summed E-state index contributed by atoms with van der Waals surface area (Å²) in [6.07, 6.45) is 0.403. The van der Waals surface area contributed by atoms with E-state index in [1.54, 1.807) is 0 Å². The molecule has 0 unspecified atom stereocenters. The Morgan fingerprint density at radius 3 is 2.79 bits per heavy atom. The van der Waals surface area contributed by atoms with Gasteiger partial charge in [-0.15, -0.1) is 0 Å². The smallest absolute Gasteiger partial charge is 0.146 e. The quantitative estimate of drug-likeness (QED) is 0.706. The first kappa shape index (κ1) is 8.00. The lowest BCUT2D eigenvalue weighted by Crippen LogP contribution is -2.23. The van der Waals surface area contributed by atoms with Crippen molar-refractivity contribution >= 4 is 5.84 Å². The molecule has 0 radical (unpaired) electrons.